The van der Waals surface area contributed by atoms with Gasteiger partial charge in [0.2, 0.25) is 5.91 Å². The van der Waals surface area contributed by atoms with Crippen LogP contribution < -0.4 is 14.8 Å². The lowest BCUT2D eigenvalue weighted by molar-refractivity contribution is -0.111. The minimum Gasteiger partial charge on any atom is -0.490 e. The Hall–Kier alpha value is -2.96. The zero-order valence-electron chi connectivity index (χ0n) is 14.3. The fourth-order valence-corrected chi connectivity index (χ4v) is 2.14. The minimum atomic E-state index is -1.33. The van der Waals surface area contributed by atoms with Crippen molar-refractivity contribution >= 4 is 17.7 Å². The Labute approximate surface area is 149 Å². The summed E-state index contributed by atoms with van der Waals surface area (Å²) < 4.78 is 50.5. The number of halogens is 3. The van der Waals surface area contributed by atoms with Gasteiger partial charge >= 0.3 is 0 Å². The van der Waals surface area contributed by atoms with Crippen LogP contribution in [0.25, 0.3) is 6.08 Å². The molecule has 0 saturated heterocycles. The monoisotopic (exact) mass is 365 g/mol. The number of hydrogen-bond donors (Lipinski definition) is 1. The molecule has 138 valence electrons. The lowest BCUT2D eigenvalue weighted by Crippen LogP contribution is -2.10. The lowest BCUT2D eigenvalue weighted by Gasteiger charge is -2.11. The van der Waals surface area contributed by atoms with Crippen molar-refractivity contribution in [3.63, 3.8) is 0 Å². The van der Waals surface area contributed by atoms with Gasteiger partial charge < -0.3 is 14.8 Å². The third-order valence-electron chi connectivity index (χ3n) is 3.26. The first-order valence-electron chi connectivity index (χ1n) is 7.97. The largest absolute Gasteiger partial charge is 0.490 e. The first-order chi connectivity index (χ1) is 12.4. The normalized spacial score (nSPS) is 10.8. The summed E-state index contributed by atoms with van der Waals surface area (Å²) >= 11 is 0. The Kier molecular flexibility index (Phi) is 6.66. The van der Waals surface area contributed by atoms with Crippen molar-refractivity contribution in [1.29, 1.82) is 0 Å². The van der Waals surface area contributed by atoms with Gasteiger partial charge in [0.25, 0.3) is 0 Å². The van der Waals surface area contributed by atoms with Crippen molar-refractivity contribution in [1.82, 2.24) is 0 Å². The summed E-state index contributed by atoms with van der Waals surface area (Å²) in [5.74, 6) is -3.22. The molecule has 26 heavy (non-hydrogen) atoms. The van der Waals surface area contributed by atoms with E-state index in [4.69, 9.17) is 9.47 Å². The van der Waals surface area contributed by atoms with Crippen LogP contribution in [0.15, 0.2) is 36.4 Å². The van der Waals surface area contributed by atoms with Gasteiger partial charge in [0.1, 0.15) is 5.82 Å². The summed E-state index contributed by atoms with van der Waals surface area (Å²) in [5, 5.41) is 2.16. The van der Waals surface area contributed by atoms with Crippen LogP contribution in [-0.2, 0) is 4.79 Å². The summed E-state index contributed by atoms with van der Waals surface area (Å²) in [7, 11) is 0. The second kappa shape index (κ2) is 8.94. The Morgan fingerprint density at radius 1 is 0.962 bits per heavy atom. The zero-order valence-corrected chi connectivity index (χ0v) is 14.3. The summed E-state index contributed by atoms with van der Waals surface area (Å²) in [4.78, 5) is 11.9. The van der Waals surface area contributed by atoms with E-state index in [0.29, 0.717) is 42.4 Å². The number of ether oxygens (including phenoxy) is 2. The number of carbonyl (C=O) groups is 1. The van der Waals surface area contributed by atoms with Crippen LogP contribution in [0.3, 0.4) is 0 Å². The van der Waals surface area contributed by atoms with Gasteiger partial charge in [0.15, 0.2) is 23.1 Å². The molecule has 2 aromatic carbocycles. The molecule has 4 nitrogen and oxygen atoms in total. The number of amides is 1. The average Bonchev–Trinajstić information content (AvgIpc) is 2.60. The van der Waals surface area contributed by atoms with Crippen LogP contribution in [0.2, 0.25) is 0 Å². The highest BCUT2D eigenvalue weighted by molar-refractivity contribution is 6.02. The Bertz CT molecular complexity index is 822. The summed E-state index contributed by atoms with van der Waals surface area (Å²) in [6.45, 7) is 4.62. The van der Waals surface area contributed by atoms with E-state index in [0.717, 1.165) is 6.08 Å². The number of carbonyl (C=O) groups excluding carboxylic acids is 1. The van der Waals surface area contributed by atoms with Crippen LogP contribution >= 0.6 is 0 Å². The fraction of sp³-hybridized carbons (Fsp3) is 0.211. The molecule has 0 spiro atoms. The van der Waals surface area contributed by atoms with Crippen molar-refractivity contribution in [3.8, 4) is 11.5 Å². The second-order valence-corrected chi connectivity index (χ2v) is 5.14. The van der Waals surface area contributed by atoms with E-state index < -0.39 is 29.0 Å². The van der Waals surface area contributed by atoms with Crippen LogP contribution in [0.4, 0.5) is 18.9 Å². The molecular formula is C19H18F3NO3. The number of anilines is 1. The first-order valence-corrected chi connectivity index (χ1v) is 7.97. The number of benzene rings is 2. The molecule has 2 rings (SSSR count). The second-order valence-electron chi connectivity index (χ2n) is 5.14. The van der Waals surface area contributed by atoms with Crippen LogP contribution in [-0.4, -0.2) is 19.1 Å². The van der Waals surface area contributed by atoms with E-state index in [2.05, 4.69) is 5.32 Å². The topological polar surface area (TPSA) is 47.6 Å². The van der Waals surface area contributed by atoms with Crippen molar-refractivity contribution in [2.24, 2.45) is 0 Å². The van der Waals surface area contributed by atoms with Gasteiger partial charge in [-0.1, -0.05) is 6.07 Å². The van der Waals surface area contributed by atoms with E-state index in [1.165, 1.54) is 6.08 Å². The lowest BCUT2D eigenvalue weighted by atomic mass is 10.2. The molecule has 0 aliphatic rings. The molecular weight excluding hydrogens is 347 g/mol. The molecule has 0 aromatic heterocycles. The van der Waals surface area contributed by atoms with Crippen molar-refractivity contribution < 1.29 is 27.4 Å². The fourth-order valence-electron chi connectivity index (χ4n) is 2.14. The SMILES string of the molecule is CCOc1ccc(C=CC(=O)Nc2cc(F)c(F)cc2F)cc1OCC. The summed E-state index contributed by atoms with van der Waals surface area (Å²) in [6.07, 6.45) is 2.62. The molecule has 1 N–H and O–H groups in total. The summed E-state index contributed by atoms with van der Waals surface area (Å²) in [5.41, 5.74) is 0.207. The van der Waals surface area contributed by atoms with E-state index in [1.807, 2.05) is 13.8 Å². The summed E-state index contributed by atoms with van der Waals surface area (Å²) in [6, 6.07) is 6.07. The molecule has 1 amide bonds. The van der Waals surface area contributed by atoms with E-state index in [9.17, 15) is 18.0 Å². The highest BCUT2D eigenvalue weighted by Gasteiger charge is 2.11. The molecule has 0 fully saturated rings. The highest BCUT2D eigenvalue weighted by atomic mass is 19.2. The molecule has 0 aliphatic heterocycles. The maximum absolute atomic E-state index is 13.5. The van der Waals surface area contributed by atoms with Gasteiger partial charge in [-0.2, -0.15) is 0 Å². The molecule has 0 saturated carbocycles. The molecule has 0 bridgehead atoms. The van der Waals surface area contributed by atoms with Gasteiger partial charge in [0, 0.05) is 18.2 Å². The highest BCUT2D eigenvalue weighted by Crippen LogP contribution is 2.29. The van der Waals surface area contributed by atoms with Crippen molar-refractivity contribution in [3.05, 3.63) is 59.4 Å². The van der Waals surface area contributed by atoms with Gasteiger partial charge in [-0.3, -0.25) is 4.79 Å². The van der Waals surface area contributed by atoms with Crippen LogP contribution in [0.1, 0.15) is 19.4 Å². The molecule has 0 heterocycles. The predicted molar refractivity (Wildman–Crippen MR) is 92.8 cm³/mol. The molecule has 0 atom stereocenters. The maximum atomic E-state index is 13.5. The molecule has 2 aromatic rings. The predicted octanol–water partition coefficient (Wildman–Crippen LogP) is 4.55. The zero-order chi connectivity index (χ0) is 19.1. The molecule has 0 radical (unpaired) electrons. The van der Waals surface area contributed by atoms with Gasteiger partial charge in [-0.15, -0.1) is 0 Å². The van der Waals surface area contributed by atoms with Crippen molar-refractivity contribution in [2.45, 2.75) is 13.8 Å². The first kappa shape index (κ1) is 19.4. The Morgan fingerprint density at radius 3 is 2.31 bits per heavy atom. The van der Waals surface area contributed by atoms with E-state index >= 15 is 0 Å². The van der Waals surface area contributed by atoms with Gasteiger partial charge in [-0.05, 0) is 37.6 Å². The maximum Gasteiger partial charge on any atom is 0.248 e. The van der Waals surface area contributed by atoms with E-state index in [1.54, 1.807) is 18.2 Å². The Morgan fingerprint density at radius 2 is 1.62 bits per heavy atom. The quantitative estimate of drug-likeness (QED) is 0.578. The van der Waals surface area contributed by atoms with Crippen LogP contribution in [0.5, 0.6) is 11.5 Å². The molecule has 7 heteroatoms. The van der Waals surface area contributed by atoms with Gasteiger partial charge in [0.05, 0.1) is 18.9 Å². The number of rotatable bonds is 7. The van der Waals surface area contributed by atoms with Crippen LogP contribution in [0, 0.1) is 17.5 Å². The average molecular weight is 365 g/mol. The third-order valence-corrected chi connectivity index (χ3v) is 3.26. The molecule has 0 unspecified atom stereocenters. The Balaban J connectivity index is 2.12. The van der Waals surface area contributed by atoms with Gasteiger partial charge in [-0.25, -0.2) is 13.2 Å². The third kappa shape index (κ3) is 5.02. The minimum absolute atomic E-state index is 0.371. The number of nitrogens with one attached hydrogen (secondary N) is 1. The van der Waals surface area contributed by atoms with E-state index in [-0.39, 0.29) is 0 Å². The molecule has 0 aliphatic carbocycles. The number of hydrogen-bond acceptors (Lipinski definition) is 3. The van der Waals surface area contributed by atoms with Crippen molar-refractivity contribution in [2.75, 3.05) is 18.5 Å². The smallest absolute Gasteiger partial charge is 0.248 e. The standard InChI is InChI=1S/C19H18F3NO3/c1-3-25-17-7-5-12(9-18(17)26-4-2)6-8-19(24)23-16-11-14(21)13(20)10-15(16)22/h5-11H,3-4H2,1-2H3,(H,23,24).